The molecule has 1 N–H and O–H groups in total. The molecule has 134 valence electrons. The fourth-order valence-electron chi connectivity index (χ4n) is 2.55. The number of carbonyl (C=O) groups is 1. The van der Waals surface area contributed by atoms with Crippen molar-refractivity contribution in [1.29, 1.82) is 0 Å². The molecule has 0 bridgehead atoms. The summed E-state index contributed by atoms with van der Waals surface area (Å²) in [5.74, 6) is 0.123. The van der Waals surface area contributed by atoms with Crippen molar-refractivity contribution in [2.75, 3.05) is 5.32 Å². The maximum Gasteiger partial charge on any atom is 0.279 e. The van der Waals surface area contributed by atoms with Crippen LogP contribution in [0.2, 0.25) is 0 Å². The molecule has 1 amide bonds. The van der Waals surface area contributed by atoms with Crippen molar-refractivity contribution in [1.82, 2.24) is 15.1 Å². The Hall–Kier alpha value is -3.32. The van der Waals surface area contributed by atoms with Crippen LogP contribution >= 0.6 is 11.3 Å². The van der Waals surface area contributed by atoms with Crippen molar-refractivity contribution in [2.24, 2.45) is 0 Å². The van der Waals surface area contributed by atoms with Crippen LogP contribution in [0.3, 0.4) is 0 Å². The lowest BCUT2D eigenvalue weighted by atomic mass is 10.1. The van der Waals surface area contributed by atoms with Gasteiger partial charge in [0.1, 0.15) is 0 Å². The van der Waals surface area contributed by atoms with Crippen LogP contribution in [0.15, 0.2) is 58.7 Å². The second kappa shape index (κ2) is 7.13. The van der Waals surface area contributed by atoms with Gasteiger partial charge in [0.15, 0.2) is 16.6 Å². The number of pyridine rings is 1. The van der Waals surface area contributed by atoms with Gasteiger partial charge in [0.05, 0.1) is 5.69 Å². The molecule has 3 heterocycles. The zero-order chi connectivity index (χ0) is 18.8. The molecule has 1 aromatic carbocycles. The smallest absolute Gasteiger partial charge is 0.279 e. The predicted molar refractivity (Wildman–Crippen MR) is 105 cm³/mol. The molecule has 0 aliphatic rings. The summed E-state index contributed by atoms with van der Waals surface area (Å²) in [5, 5.41) is 9.04. The minimum atomic E-state index is -0.366. The maximum atomic E-state index is 12.4. The Balaban J connectivity index is 1.50. The van der Waals surface area contributed by atoms with Gasteiger partial charge in [-0.05, 0) is 43.2 Å². The Bertz CT molecular complexity index is 1100. The summed E-state index contributed by atoms with van der Waals surface area (Å²) >= 11 is 1.37. The highest BCUT2D eigenvalue weighted by Gasteiger charge is 2.16. The van der Waals surface area contributed by atoms with E-state index in [1.807, 2.05) is 17.5 Å². The number of benzene rings is 1. The van der Waals surface area contributed by atoms with Crippen LogP contribution in [0.1, 0.15) is 21.6 Å². The molecule has 0 aliphatic heterocycles. The summed E-state index contributed by atoms with van der Waals surface area (Å²) in [6, 6.07) is 11.4. The molecule has 0 saturated carbocycles. The van der Waals surface area contributed by atoms with E-state index in [2.05, 4.69) is 46.4 Å². The van der Waals surface area contributed by atoms with E-state index in [1.165, 1.54) is 22.5 Å². The Kier molecular flexibility index (Phi) is 4.52. The van der Waals surface area contributed by atoms with Crippen molar-refractivity contribution in [2.45, 2.75) is 13.8 Å². The minimum Gasteiger partial charge on any atom is -0.355 e. The third-order valence-electron chi connectivity index (χ3n) is 4.22. The zero-order valence-corrected chi connectivity index (χ0v) is 15.6. The number of hydrogen-bond donors (Lipinski definition) is 1. The van der Waals surface area contributed by atoms with E-state index in [1.54, 1.807) is 24.5 Å². The molecule has 6 nitrogen and oxygen atoms in total. The highest BCUT2D eigenvalue weighted by molar-refractivity contribution is 7.14. The summed E-state index contributed by atoms with van der Waals surface area (Å²) < 4.78 is 5.24. The largest absolute Gasteiger partial charge is 0.355 e. The summed E-state index contributed by atoms with van der Waals surface area (Å²) in [6.07, 6.45) is 3.32. The second-order valence-corrected chi connectivity index (χ2v) is 6.97. The van der Waals surface area contributed by atoms with Crippen molar-refractivity contribution < 1.29 is 9.32 Å². The van der Waals surface area contributed by atoms with Gasteiger partial charge in [0.2, 0.25) is 0 Å². The van der Waals surface area contributed by atoms with Gasteiger partial charge in [-0.15, -0.1) is 11.3 Å². The van der Waals surface area contributed by atoms with E-state index >= 15 is 0 Å². The minimum absolute atomic E-state index is 0.191. The molecule has 0 atom stereocenters. The molecule has 0 aliphatic carbocycles. The van der Waals surface area contributed by atoms with Crippen LogP contribution < -0.4 is 5.32 Å². The average molecular weight is 376 g/mol. The molecule has 4 aromatic rings. The van der Waals surface area contributed by atoms with Gasteiger partial charge in [0, 0.05) is 35.0 Å². The zero-order valence-electron chi connectivity index (χ0n) is 14.8. The number of nitrogens with zero attached hydrogens (tertiary/aromatic N) is 3. The summed E-state index contributed by atoms with van der Waals surface area (Å²) in [7, 11) is 0. The molecule has 27 heavy (non-hydrogen) atoms. The van der Waals surface area contributed by atoms with Gasteiger partial charge < -0.3 is 4.52 Å². The first-order chi connectivity index (χ1) is 13.1. The number of aromatic nitrogens is 3. The van der Waals surface area contributed by atoms with E-state index in [-0.39, 0.29) is 11.6 Å². The van der Waals surface area contributed by atoms with E-state index in [0.717, 1.165) is 16.8 Å². The number of nitrogens with one attached hydrogen (secondary N) is 1. The number of thiazole rings is 1. The molecule has 0 fully saturated rings. The van der Waals surface area contributed by atoms with Gasteiger partial charge in [-0.25, -0.2) is 4.98 Å². The van der Waals surface area contributed by atoms with E-state index in [4.69, 9.17) is 4.52 Å². The van der Waals surface area contributed by atoms with Crippen LogP contribution in [0, 0.1) is 13.8 Å². The molecule has 0 unspecified atom stereocenters. The molecular weight excluding hydrogens is 360 g/mol. The van der Waals surface area contributed by atoms with Gasteiger partial charge in [-0.2, -0.15) is 0 Å². The number of amides is 1. The third kappa shape index (κ3) is 3.63. The van der Waals surface area contributed by atoms with Gasteiger partial charge in [0.25, 0.3) is 5.91 Å². The number of rotatable bonds is 4. The van der Waals surface area contributed by atoms with Gasteiger partial charge >= 0.3 is 0 Å². The first-order valence-corrected chi connectivity index (χ1v) is 9.20. The lowest BCUT2D eigenvalue weighted by Crippen LogP contribution is -2.11. The van der Waals surface area contributed by atoms with Crippen molar-refractivity contribution in [3.05, 3.63) is 71.0 Å². The van der Waals surface area contributed by atoms with Crippen LogP contribution in [0.4, 0.5) is 5.13 Å². The van der Waals surface area contributed by atoms with E-state index in [0.29, 0.717) is 10.9 Å². The fraction of sp³-hybridized carbons (Fsp3) is 0.100. The number of aryl methyl sites for hydroxylation is 2. The Morgan fingerprint density at radius 2 is 2.00 bits per heavy atom. The maximum absolute atomic E-state index is 12.4. The van der Waals surface area contributed by atoms with Crippen molar-refractivity contribution in [3.8, 4) is 22.6 Å². The quantitative estimate of drug-likeness (QED) is 0.557. The first-order valence-electron chi connectivity index (χ1n) is 8.32. The second-order valence-electron chi connectivity index (χ2n) is 6.11. The van der Waals surface area contributed by atoms with Crippen LogP contribution in [-0.4, -0.2) is 21.0 Å². The average Bonchev–Trinajstić information content (AvgIpc) is 3.34. The Labute approximate surface area is 159 Å². The van der Waals surface area contributed by atoms with Gasteiger partial charge in [-0.3, -0.25) is 15.1 Å². The molecule has 0 spiro atoms. The van der Waals surface area contributed by atoms with Crippen LogP contribution in [0.25, 0.3) is 22.6 Å². The first kappa shape index (κ1) is 17.1. The lowest BCUT2D eigenvalue weighted by molar-refractivity contribution is 0.101. The molecule has 7 heteroatoms. The SMILES string of the molecule is Cc1ccc(-c2csc(NC(=O)c3cc(-c4cccnc4)on3)n2)cc1C. The standard InChI is InChI=1S/C20H16N4O2S/c1-12-5-6-14(8-13(12)2)17-11-27-20(22-17)23-19(25)16-9-18(26-24-16)15-4-3-7-21-10-15/h3-11H,1-2H3,(H,22,23,25). The monoisotopic (exact) mass is 376 g/mol. The summed E-state index contributed by atoms with van der Waals surface area (Å²) in [6.45, 7) is 4.14. The highest BCUT2D eigenvalue weighted by Crippen LogP contribution is 2.27. The highest BCUT2D eigenvalue weighted by atomic mass is 32.1. The molecule has 0 saturated heterocycles. The number of anilines is 1. The molecule has 4 rings (SSSR count). The summed E-state index contributed by atoms with van der Waals surface area (Å²) in [4.78, 5) is 20.9. The topological polar surface area (TPSA) is 80.9 Å². The van der Waals surface area contributed by atoms with Crippen LogP contribution in [-0.2, 0) is 0 Å². The van der Waals surface area contributed by atoms with Crippen LogP contribution in [0.5, 0.6) is 0 Å². The number of carbonyl (C=O) groups excluding carboxylic acids is 1. The molecule has 0 radical (unpaired) electrons. The van der Waals surface area contributed by atoms with E-state index < -0.39 is 0 Å². The third-order valence-corrected chi connectivity index (χ3v) is 4.97. The number of hydrogen-bond acceptors (Lipinski definition) is 6. The van der Waals surface area contributed by atoms with Crippen molar-refractivity contribution in [3.63, 3.8) is 0 Å². The Morgan fingerprint density at radius 3 is 2.78 bits per heavy atom. The Morgan fingerprint density at radius 1 is 1.11 bits per heavy atom. The lowest BCUT2D eigenvalue weighted by Gasteiger charge is -2.02. The van der Waals surface area contributed by atoms with Gasteiger partial charge in [-0.1, -0.05) is 17.3 Å². The molecule has 3 aromatic heterocycles. The molecular formula is C20H16N4O2S. The fourth-order valence-corrected chi connectivity index (χ4v) is 3.27. The normalized spacial score (nSPS) is 10.7. The summed E-state index contributed by atoms with van der Waals surface area (Å²) in [5.41, 5.74) is 5.24. The predicted octanol–water partition coefficient (Wildman–Crippen LogP) is 4.73. The van der Waals surface area contributed by atoms with Crippen molar-refractivity contribution >= 4 is 22.4 Å². The van der Waals surface area contributed by atoms with E-state index in [9.17, 15) is 4.79 Å².